The molecule has 106 valence electrons. The van der Waals surface area contributed by atoms with Crippen molar-refractivity contribution in [2.45, 2.75) is 6.54 Å². The van der Waals surface area contributed by atoms with Gasteiger partial charge < -0.3 is 15.1 Å². The smallest absolute Gasteiger partial charge is 0.319 e. The summed E-state index contributed by atoms with van der Waals surface area (Å²) in [6.45, 7) is 0.313. The van der Waals surface area contributed by atoms with Gasteiger partial charge >= 0.3 is 6.03 Å². The van der Waals surface area contributed by atoms with E-state index in [4.69, 9.17) is 4.42 Å². The fourth-order valence-corrected chi connectivity index (χ4v) is 2.42. The highest BCUT2D eigenvalue weighted by molar-refractivity contribution is 7.13. The van der Waals surface area contributed by atoms with E-state index in [1.54, 1.807) is 17.6 Å². The van der Waals surface area contributed by atoms with Crippen LogP contribution >= 0.6 is 11.3 Å². The van der Waals surface area contributed by atoms with Gasteiger partial charge in [-0.05, 0) is 23.6 Å². The van der Waals surface area contributed by atoms with Crippen LogP contribution in [0.2, 0.25) is 0 Å². The van der Waals surface area contributed by atoms with Crippen LogP contribution in [0.4, 0.5) is 10.5 Å². The van der Waals surface area contributed by atoms with E-state index >= 15 is 0 Å². The van der Waals surface area contributed by atoms with Gasteiger partial charge in [0.05, 0.1) is 17.1 Å². The Labute approximate surface area is 125 Å². The number of benzene rings is 1. The van der Waals surface area contributed by atoms with Crippen LogP contribution in [0.3, 0.4) is 0 Å². The minimum absolute atomic E-state index is 0.276. The summed E-state index contributed by atoms with van der Waals surface area (Å²) in [5.74, 6) is 0.574. The zero-order valence-corrected chi connectivity index (χ0v) is 11.9. The van der Waals surface area contributed by atoms with Crippen LogP contribution in [-0.2, 0) is 6.54 Å². The molecule has 0 aliphatic heterocycles. The molecule has 0 fully saturated rings. The molecule has 0 bridgehead atoms. The van der Waals surface area contributed by atoms with Gasteiger partial charge in [-0.2, -0.15) is 0 Å². The third kappa shape index (κ3) is 3.49. The highest BCUT2D eigenvalue weighted by atomic mass is 32.1. The van der Waals surface area contributed by atoms with Crippen molar-refractivity contribution in [1.82, 2.24) is 10.3 Å². The predicted molar refractivity (Wildman–Crippen MR) is 82.1 cm³/mol. The summed E-state index contributed by atoms with van der Waals surface area (Å²) in [6.07, 6.45) is 1.55. The first-order valence-corrected chi connectivity index (χ1v) is 7.27. The van der Waals surface area contributed by atoms with E-state index in [-0.39, 0.29) is 6.03 Å². The van der Waals surface area contributed by atoms with Crippen molar-refractivity contribution in [2.75, 3.05) is 5.32 Å². The molecule has 0 unspecified atom stereocenters. The third-order valence-corrected chi connectivity index (χ3v) is 3.60. The molecule has 3 aromatic rings. The number of oxazole rings is 1. The Morgan fingerprint density at radius 1 is 1.19 bits per heavy atom. The molecule has 3 rings (SSSR count). The van der Waals surface area contributed by atoms with Crippen LogP contribution in [0.15, 0.2) is 58.5 Å². The standard InChI is InChI=1S/C15H13N3O2S/c19-15(18-11-5-2-1-3-6-11)16-9-12-10-20-14(17-12)13-7-4-8-21-13/h1-8,10H,9H2,(H2,16,18,19). The fraction of sp³-hybridized carbons (Fsp3) is 0.0667. The maximum absolute atomic E-state index is 11.7. The molecule has 5 nitrogen and oxygen atoms in total. The van der Waals surface area contributed by atoms with Crippen molar-refractivity contribution >= 4 is 23.1 Å². The van der Waals surface area contributed by atoms with E-state index in [1.807, 2.05) is 47.8 Å². The van der Waals surface area contributed by atoms with E-state index in [0.29, 0.717) is 18.1 Å². The van der Waals surface area contributed by atoms with Gasteiger partial charge in [0.2, 0.25) is 5.89 Å². The molecule has 2 N–H and O–H groups in total. The predicted octanol–water partition coefficient (Wildman–Crippen LogP) is 3.72. The molecule has 21 heavy (non-hydrogen) atoms. The summed E-state index contributed by atoms with van der Waals surface area (Å²) in [5.41, 5.74) is 1.43. The van der Waals surface area contributed by atoms with E-state index in [2.05, 4.69) is 15.6 Å². The molecular formula is C15H13N3O2S. The molecular weight excluding hydrogens is 286 g/mol. The Balaban J connectivity index is 1.54. The van der Waals surface area contributed by atoms with Crippen LogP contribution in [0.25, 0.3) is 10.8 Å². The molecule has 2 aromatic heterocycles. The van der Waals surface area contributed by atoms with Crippen molar-refractivity contribution in [1.29, 1.82) is 0 Å². The SMILES string of the molecule is O=C(NCc1coc(-c2cccs2)n1)Nc1ccccc1. The molecule has 0 radical (unpaired) electrons. The lowest BCUT2D eigenvalue weighted by molar-refractivity contribution is 0.251. The van der Waals surface area contributed by atoms with Gasteiger partial charge in [-0.25, -0.2) is 9.78 Å². The van der Waals surface area contributed by atoms with Crippen molar-refractivity contribution in [3.63, 3.8) is 0 Å². The summed E-state index contributed by atoms with van der Waals surface area (Å²) < 4.78 is 5.39. The number of carbonyl (C=O) groups excluding carboxylic acids is 1. The van der Waals surface area contributed by atoms with Gasteiger partial charge in [-0.1, -0.05) is 24.3 Å². The molecule has 0 saturated carbocycles. The Morgan fingerprint density at radius 2 is 2.05 bits per heavy atom. The maximum atomic E-state index is 11.7. The second-order valence-electron chi connectivity index (χ2n) is 4.30. The summed E-state index contributed by atoms with van der Waals surface area (Å²) in [5, 5.41) is 7.44. The van der Waals surface area contributed by atoms with E-state index in [9.17, 15) is 4.79 Å². The van der Waals surface area contributed by atoms with Gasteiger partial charge in [-0.15, -0.1) is 11.3 Å². The minimum atomic E-state index is -0.276. The monoisotopic (exact) mass is 299 g/mol. The number of aromatic nitrogens is 1. The first-order chi connectivity index (χ1) is 10.3. The fourth-order valence-electron chi connectivity index (χ4n) is 1.77. The van der Waals surface area contributed by atoms with Crippen LogP contribution in [-0.4, -0.2) is 11.0 Å². The van der Waals surface area contributed by atoms with Crippen LogP contribution < -0.4 is 10.6 Å². The number of rotatable bonds is 4. The second-order valence-corrected chi connectivity index (χ2v) is 5.24. The van der Waals surface area contributed by atoms with Gasteiger partial charge in [0.15, 0.2) is 0 Å². The molecule has 0 saturated heterocycles. The average Bonchev–Trinajstić information content (AvgIpc) is 3.17. The molecule has 1 aromatic carbocycles. The number of nitrogens with zero attached hydrogens (tertiary/aromatic N) is 1. The zero-order chi connectivity index (χ0) is 14.5. The van der Waals surface area contributed by atoms with Crippen LogP contribution in [0.5, 0.6) is 0 Å². The number of hydrogen-bond acceptors (Lipinski definition) is 4. The molecule has 2 heterocycles. The Kier molecular flexibility index (Phi) is 3.97. The Hall–Kier alpha value is -2.60. The number of anilines is 1. The van der Waals surface area contributed by atoms with Crippen molar-refractivity contribution in [3.8, 4) is 10.8 Å². The first-order valence-electron chi connectivity index (χ1n) is 6.39. The third-order valence-electron chi connectivity index (χ3n) is 2.75. The normalized spacial score (nSPS) is 10.3. The topological polar surface area (TPSA) is 67.2 Å². The van der Waals surface area contributed by atoms with Crippen LogP contribution in [0.1, 0.15) is 5.69 Å². The summed E-state index contributed by atoms with van der Waals surface area (Å²) in [7, 11) is 0. The van der Waals surface area contributed by atoms with Gasteiger partial charge in [0, 0.05) is 5.69 Å². The summed E-state index contributed by atoms with van der Waals surface area (Å²) >= 11 is 1.56. The quantitative estimate of drug-likeness (QED) is 0.771. The molecule has 0 spiro atoms. The number of amides is 2. The highest BCUT2D eigenvalue weighted by Crippen LogP contribution is 2.23. The molecule has 0 aliphatic carbocycles. The minimum Gasteiger partial charge on any atom is -0.443 e. The lowest BCUT2D eigenvalue weighted by Gasteiger charge is -2.05. The second kappa shape index (κ2) is 6.23. The number of thiophene rings is 1. The van der Waals surface area contributed by atoms with Gasteiger partial charge in [0.1, 0.15) is 6.26 Å². The van der Waals surface area contributed by atoms with E-state index in [0.717, 1.165) is 10.6 Å². The van der Waals surface area contributed by atoms with Crippen LogP contribution in [0, 0.1) is 0 Å². The number of carbonyl (C=O) groups is 1. The molecule has 0 atom stereocenters. The summed E-state index contributed by atoms with van der Waals surface area (Å²) in [6, 6.07) is 12.9. The lowest BCUT2D eigenvalue weighted by Crippen LogP contribution is -2.28. The van der Waals surface area contributed by atoms with E-state index in [1.165, 1.54) is 0 Å². The average molecular weight is 299 g/mol. The Bertz CT molecular complexity index is 708. The molecule has 6 heteroatoms. The maximum Gasteiger partial charge on any atom is 0.319 e. The van der Waals surface area contributed by atoms with E-state index < -0.39 is 0 Å². The lowest BCUT2D eigenvalue weighted by atomic mass is 10.3. The molecule has 2 amide bonds. The zero-order valence-electron chi connectivity index (χ0n) is 11.1. The number of hydrogen-bond donors (Lipinski definition) is 2. The number of nitrogens with one attached hydrogen (secondary N) is 2. The number of urea groups is 1. The first kappa shape index (κ1) is 13.4. The Morgan fingerprint density at radius 3 is 2.81 bits per heavy atom. The van der Waals surface area contributed by atoms with Crippen molar-refractivity contribution in [2.24, 2.45) is 0 Å². The highest BCUT2D eigenvalue weighted by Gasteiger charge is 2.08. The van der Waals surface area contributed by atoms with Gasteiger partial charge in [0.25, 0.3) is 0 Å². The van der Waals surface area contributed by atoms with Gasteiger partial charge in [-0.3, -0.25) is 0 Å². The van der Waals surface area contributed by atoms with Crippen molar-refractivity contribution in [3.05, 3.63) is 59.8 Å². The summed E-state index contributed by atoms with van der Waals surface area (Å²) in [4.78, 5) is 17.0. The van der Waals surface area contributed by atoms with Crippen molar-refractivity contribution < 1.29 is 9.21 Å². The molecule has 0 aliphatic rings. The number of para-hydroxylation sites is 1. The largest absolute Gasteiger partial charge is 0.443 e.